The van der Waals surface area contributed by atoms with E-state index in [1.807, 2.05) is 0 Å². The molecule has 5 aliphatic rings. The van der Waals surface area contributed by atoms with Crippen LogP contribution in [0.3, 0.4) is 0 Å². The second-order valence-electron chi connectivity index (χ2n) is 6.67. The second kappa shape index (κ2) is 2.23. The lowest BCUT2D eigenvalue weighted by atomic mass is 9.41. The number of carbonyl (C=O) groups excluding carboxylic acids is 1. The smallest absolute Gasteiger partial charge is 0.140 e. The van der Waals surface area contributed by atoms with Crippen LogP contribution in [-0.2, 0) is 4.79 Å². The van der Waals surface area contributed by atoms with E-state index in [0.717, 1.165) is 11.8 Å². The summed E-state index contributed by atoms with van der Waals surface area (Å²) in [5.41, 5.74) is 0.316. The molecule has 0 N–H and O–H groups in total. The van der Waals surface area contributed by atoms with Crippen LogP contribution in [0.4, 0.5) is 0 Å². The summed E-state index contributed by atoms with van der Waals surface area (Å²) in [5, 5.41) is 0. The molecular formula is C14H18O. The molecule has 0 aliphatic heterocycles. The highest BCUT2D eigenvalue weighted by molar-refractivity contribution is 5.88. The van der Waals surface area contributed by atoms with Crippen LogP contribution in [0.25, 0.3) is 0 Å². The van der Waals surface area contributed by atoms with Crippen molar-refractivity contribution in [3.63, 3.8) is 0 Å². The van der Waals surface area contributed by atoms with Gasteiger partial charge in [-0.3, -0.25) is 4.79 Å². The highest BCUT2D eigenvalue weighted by Gasteiger charge is 2.67. The van der Waals surface area contributed by atoms with Crippen LogP contribution in [0.2, 0.25) is 0 Å². The maximum absolute atomic E-state index is 12.4. The standard InChI is InChI=1S/C14H18O/c1-14(2)9-6-10(14)13(15)12-8-4-3-7(5-8)11(9)12/h3-4,7-12H,5-6H2,1-2H3/t7-,8+,9-,10+,11+,12+/m1/s1. The average molecular weight is 202 g/mol. The minimum Gasteiger partial charge on any atom is -0.299 e. The Labute approximate surface area is 90.9 Å². The van der Waals surface area contributed by atoms with E-state index in [-0.39, 0.29) is 0 Å². The molecule has 5 rings (SSSR count). The van der Waals surface area contributed by atoms with Crippen molar-refractivity contribution in [2.75, 3.05) is 0 Å². The molecule has 5 aliphatic carbocycles. The first kappa shape index (κ1) is 8.55. The van der Waals surface area contributed by atoms with Gasteiger partial charge >= 0.3 is 0 Å². The molecule has 4 bridgehead atoms. The molecule has 0 amide bonds. The molecule has 0 aromatic carbocycles. The molecule has 0 aromatic rings. The Bertz CT molecular complexity index is 379. The first-order chi connectivity index (χ1) is 7.10. The zero-order valence-corrected chi connectivity index (χ0v) is 9.44. The summed E-state index contributed by atoms with van der Waals surface area (Å²) in [6.45, 7) is 4.63. The molecule has 1 heteroatoms. The van der Waals surface area contributed by atoms with Crippen molar-refractivity contribution >= 4 is 5.78 Å². The molecule has 0 unspecified atom stereocenters. The molecule has 4 fully saturated rings. The predicted molar refractivity (Wildman–Crippen MR) is 58.1 cm³/mol. The van der Waals surface area contributed by atoms with Crippen molar-refractivity contribution in [1.29, 1.82) is 0 Å². The van der Waals surface area contributed by atoms with Crippen molar-refractivity contribution in [2.24, 2.45) is 40.9 Å². The van der Waals surface area contributed by atoms with Gasteiger partial charge in [0.05, 0.1) is 0 Å². The van der Waals surface area contributed by atoms with E-state index in [4.69, 9.17) is 0 Å². The van der Waals surface area contributed by atoms with Gasteiger partial charge < -0.3 is 0 Å². The van der Waals surface area contributed by atoms with Crippen LogP contribution >= 0.6 is 0 Å². The maximum Gasteiger partial charge on any atom is 0.140 e. The Morgan fingerprint density at radius 2 is 1.93 bits per heavy atom. The first-order valence-corrected chi connectivity index (χ1v) is 6.33. The molecule has 4 saturated carbocycles. The van der Waals surface area contributed by atoms with Gasteiger partial charge in [-0.1, -0.05) is 26.0 Å². The summed E-state index contributed by atoms with van der Waals surface area (Å²) in [7, 11) is 0. The van der Waals surface area contributed by atoms with E-state index < -0.39 is 0 Å². The van der Waals surface area contributed by atoms with E-state index in [1.54, 1.807) is 0 Å². The number of hydrogen-bond acceptors (Lipinski definition) is 1. The van der Waals surface area contributed by atoms with Crippen molar-refractivity contribution < 1.29 is 4.79 Å². The number of carbonyl (C=O) groups is 1. The Morgan fingerprint density at radius 1 is 1.20 bits per heavy atom. The van der Waals surface area contributed by atoms with Gasteiger partial charge in [-0.25, -0.2) is 0 Å². The average Bonchev–Trinajstić information content (AvgIpc) is 2.77. The third-order valence-electron chi connectivity index (χ3n) is 6.00. The summed E-state index contributed by atoms with van der Waals surface area (Å²) in [6.07, 6.45) is 7.19. The summed E-state index contributed by atoms with van der Waals surface area (Å²) < 4.78 is 0. The zero-order valence-electron chi connectivity index (χ0n) is 9.44. The topological polar surface area (TPSA) is 17.1 Å². The molecule has 0 saturated heterocycles. The van der Waals surface area contributed by atoms with Crippen molar-refractivity contribution in [3.8, 4) is 0 Å². The third-order valence-corrected chi connectivity index (χ3v) is 6.00. The summed E-state index contributed by atoms with van der Waals surface area (Å²) in [6, 6.07) is 0. The summed E-state index contributed by atoms with van der Waals surface area (Å²) in [5.74, 6) is 4.36. The van der Waals surface area contributed by atoms with Gasteiger partial charge in [-0.05, 0) is 41.9 Å². The number of hydrogen-bond donors (Lipinski definition) is 0. The number of allylic oxidation sites excluding steroid dienone is 2. The van der Waals surface area contributed by atoms with Crippen molar-refractivity contribution in [3.05, 3.63) is 12.2 Å². The van der Waals surface area contributed by atoms with Gasteiger partial charge in [0.25, 0.3) is 0 Å². The van der Waals surface area contributed by atoms with E-state index in [2.05, 4.69) is 26.0 Å². The quantitative estimate of drug-likeness (QED) is 0.552. The maximum atomic E-state index is 12.4. The number of ketones is 1. The van der Waals surface area contributed by atoms with Gasteiger partial charge in [-0.2, -0.15) is 0 Å². The highest BCUT2D eigenvalue weighted by atomic mass is 16.1. The fourth-order valence-electron chi connectivity index (χ4n) is 5.14. The molecular weight excluding hydrogens is 184 g/mol. The fraction of sp³-hybridized carbons (Fsp3) is 0.786. The van der Waals surface area contributed by atoms with Crippen molar-refractivity contribution in [1.82, 2.24) is 0 Å². The normalized spacial score (nSPS) is 57.9. The van der Waals surface area contributed by atoms with Crippen LogP contribution in [0.5, 0.6) is 0 Å². The molecule has 6 atom stereocenters. The van der Waals surface area contributed by atoms with Crippen molar-refractivity contribution in [2.45, 2.75) is 26.7 Å². The Hall–Kier alpha value is -0.590. The fourth-order valence-corrected chi connectivity index (χ4v) is 5.14. The lowest BCUT2D eigenvalue weighted by Crippen LogP contribution is -2.61. The molecule has 0 spiro atoms. The Balaban J connectivity index is 1.82. The Kier molecular flexibility index (Phi) is 1.27. The van der Waals surface area contributed by atoms with Gasteiger partial charge in [0.1, 0.15) is 5.78 Å². The highest BCUT2D eigenvalue weighted by Crippen LogP contribution is 2.68. The SMILES string of the molecule is CC1(C)[C@@H]2C[C@H]1C(=O)[C@@H]1[C@H]2[C@@H]2C=C[C@H]1C2. The molecule has 0 radical (unpaired) electrons. The molecule has 0 aromatic heterocycles. The van der Waals surface area contributed by atoms with Crippen LogP contribution in [0, 0.1) is 40.9 Å². The lowest BCUT2D eigenvalue weighted by Gasteiger charge is -2.61. The second-order valence-corrected chi connectivity index (χ2v) is 6.67. The summed E-state index contributed by atoms with van der Waals surface area (Å²) >= 11 is 0. The van der Waals surface area contributed by atoms with Gasteiger partial charge in [-0.15, -0.1) is 0 Å². The molecule has 1 nitrogen and oxygen atoms in total. The third kappa shape index (κ3) is 0.745. The lowest BCUT2D eigenvalue weighted by molar-refractivity contribution is -0.170. The van der Waals surface area contributed by atoms with Crippen LogP contribution in [0.1, 0.15) is 26.7 Å². The molecule has 0 heterocycles. The first-order valence-electron chi connectivity index (χ1n) is 6.33. The van der Waals surface area contributed by atoms with Gasteiger partial charge in [0.15, 0.2) is 0 Å². The van der Waals surface area contributed by atoms with E-state index in [1.165, 1.54) is 12.8 Å². The number of rotatable bonds is 0. The zero-order chi connectivity index (χ0) is 10.4. The Morgan fingerprint density at radius 3 is 2.67 bits per heavy atom. The predicted octanol–water partition coefficient (Wildman–Crippen LogP) is 2.67. The van der Waals surface area contributed by atoms with E-state index in [0.29, 0.717) is 34.9 Å². The van der Waals surface area contributed by atoms with Crippen LogP contribution in [0.15, 0.2) is 12.2 Å². The molecule has 80 valence electrons. The van der Waals surface area contributed by atoms with E-state index in [9.17, 15) is 4.79 Å². The minimum absolute atomic E-state index is 0.316. The van der Waals surface area contributed by atoms with Crippen LogP contribution < -0.4 is 0 Å². The largest absolute Gasteiger partial charge is 0.299 e. The van der Waals surface area contributed by atoms with Gasteiger partial charge in [0, 0.05) is 11.8 Å². The van der Waals surface area contributed by atoms with Gasteiger partial charge in [0.2, 0.25) is 0 Å². The molecule has 15 heavy (non-hydrogen) atoms. The van der Waals surface area contributed by atoms with Crippen LogP contribution in [-0.4, -0.2) is 5.78 Å². The monoisotopic (exact) mass is 202 g/mol. The number of Topliss-reactive ketones (excluding diaryl/α,β-unsaturated/α-hetero) is 1. The van der Waals surface area contributed by atoms with E-state index >= 15 is 0 Å². The number of fused-ring (bicyclic) bond motifs is 2. The minimum atomic E-state index is 0.316. The summed E-state index contributed by atoms with van der Waals surface area (Å²) in [4.78, 5) is 12.4.